The third-order valence-corrected chi connectivity index (χ3v) is 4.83. The van der Waals surface area contributed by atoms with Gasteiger partial charge in [0.25, 0.3) is 0 Å². The summed E-state index contributed by atoms with van der Waals surface area (Å²) in [6.45, 7) is 2.40. The van der Waals surface area contributed by atoms with E-state index in [9.17, 15) is 0 Å². The third-order valence-electron chi connectivity index (χ3n) is 4.83. The summed E-state index contributed by atoms with van der Waals surface area (Å²) in [6.07, 6.45) is 12.0. The van der Waals surface area contributed by atoms with E-state index in [0.29, 0.717) is 0 Å². The van der Waals surface area contributed by atoms with Gasteiger partial charge in [-0.25, -0.2) is 0 Å². The van der Waals surface area contributed by atoms with Gasteiger partial charge in [0.15, 0.2) is 0 Å². The summed E-state index contributed by atoms with van der Waals surface area (Å²) in [5.41, 5.74) is 0. The molecule has 3 atom stereocenters. The van der Waals surface area contributed by atoms with E-state index in [1.807, 2.05) is 0 Å². The predicted octanol–water partition coefficient (Wildman–Crippen LogP) is 3.34. The summed E-state index contributed by atoms with van der Waals surface area (Å²) in [7, 11) is 0. The first-order chi connectivity index (χ1) is 7.33. The van der Waals surface area contributed by atoms with Gasteiger partial charge in [-0.3, -0.25) is 0 Å². The normalized spacial score (nSPS) is 39.0. The molecule has 3 saturated carbocycles. The average molecular weight is 207 g/mol. The molecule has 0 aromatic heterocycles. The van der Waals surface area contributed by atoms with Crippen LogP contribution in [0, 0.1) is 17.8 Å². The molecule has 86 valence electrons. The van der Waals surface area contributed by atoms with E-state index in [1.165, 1.54) is 51.4 Å². The van der Waals surface area contributed by atoms with Crippen LogP contribution in [-0.2, 0) is 0 Å². The van der Waals surface area contributed by atoms with Crippen LogP contribution in [0.2, 0.25) is 0 Å². The van der Waals surface area contributed by atoms with Crippen molar-refractivity contribution in [2.45, 2.75) is 70.4 Å². The molecular formula is C14H25N. The first-order valence-electron chi connectivity index (χ1n) is 7.09. The van der Waals surface area contributed by atoms with E-state index in [2.05, 4.69) is 12.2 Å². The fourth-order valence-electron chi connectivity index (χ4n) is 3.48. The molecule has 0 radical (unpaired) electrons. The minimum Gasteiger partial charge on any atom is -0.311 e. The van der Waals surface area contributed by atoms with Crippen LogP contribution < -0.4 is 5.32 Å². The lowest BCUT2D eigenvalue weighted by Gasteiger charge is -2.32. The topological polar surface area (TPSA) is 12.0 Å². The number of hydrogen-bond acceptors (Lipinski definition) is 1. The highest BCUT2D eigenvalue weighted by Gasteiger charge is 2.36. The van der Waals surface area contributed by atoms with Crippen LogP contribution in [0.25, 0.3) is 0 Å². The van der Waals surface area contributed by atoms with Gasteiger partial charge < -0.3 is 5.32 Å². The summed E-state index contributed by atoms with van der Waals surface area (Å²) in [4.78, 5) is 0. The fourth-order valence-corrected chi connectivity index (χ4v) is 3.48. The van der Waals surface area contributed by atoms with Gasteiger partial charge in [-0.15, -0.1) is 0 Å². The number of rotatable bonds is 4. The van der Waals surface area contributed by atoms with Gasteiger partial charge in [0, 0.05) is 12.1 Å². The third kappa shape index (κ3) is 2.55. The maximum Gasteiger partial charge on any atom is 0.00723 e. The molecule has 3 rings (SSSR count). The molecule has 0 aromatic carbocycles. The summed E-state index contributed by atoms with van der Waals surface area (Å²) < 4.78 is 0. The van der Waals surface area contributed by atoms with Crippen molar-refractivity contribution in [1.82, 2.24) is 5.32 Å². The fraction of sp³-hybridized carbons (Fsp3) is 1.00. The van der Waals surface area contributed by atoms with Crippen LogP contribution in [0.3, 0.4) is 0 Å². The van der Waals surface area contributed by atoms with Gasteiger partial charge in [-0.2, -0.15) is 0 Å². The first kappa shape index (κ1) is 10.1. The van der Waals surface area contributed by atoms with Crippen molar-refractivity contribution >= 4 is 0 Å². The van der Waals surface area contributed by atoms with Crippen molar-refractivity contribution in [1.29, 1.82) is 0 Å². The standard InChI is InChI=1S/C14H25N/c1-10(11-5-6-11)15-14-4-2-3-13(9-14)12-7-8-12/h10-15H,2-9H2,1H3. The Morgan fingerprint density at radius 2 is 1.73 bits per heavy atom. The van der Waals surface area contributed by atoms with Crippen LogP contribution in [0.4, 0.5) is 0 Å². The minimum atomic E-state index is 0.799. The zero-order valence-electron chi connectivity index (χ0n) is 10.0. The highest BCUT2D eigenvalue weighted by atomic mass is 15.0. The molecule has 3 aliphatic rings. The molecule has 0 heterocycles. The Kier molecular flexibility index (Phi) is 2.76. The molecule has 15 heavy (non-hydrogen) atoms. The van der Waals surface area contributed by atoms with E-state index in [4.69, 9.17) is 0 Å². The van der Waals surface area contributed by atoms with Crippen LogP contribution in [0.5, 0.6) is 0 Å². The Morgan fingerprint density at radius 1 is 0.933 bits per heavy atom. The van der Waals surface area contributed by atoms with Crippen molar-refractivity contribution in [3.05, 3.63) is 0 Å². The van der Waals surface area contributed by atoms with Gasteiger partial charge in [-0.1, -0.05) is 12.8 Å². The average Bonchev–Trinajstić information content (AvgIpc) is 3.10. The molecule has 1 heteroatoms. The lowest BCUT2D eigenvalue weighted by Crippen LogP contribution is -2.41. The van der Waals surface area contributed by atoms with Crippen molar-refractivity contribution in [3.63, 3.8) is 0 Å². The molecule has 0 bridgehead atoms. The lowest BCUT2D eigenvalue weighted by molar-refractivity contribution is 0.243. The second kappa shape index (κ2) is 4.08. The summed E-state index contributed by atoms with van der Waals surface area (Å²) in [6, 6.07) is 1.66. The first-order valence-corrected chi connectivity index (χ1v) is 7.09. The Morgan fingerprint density at radius 3 is 2.40 bits per heavy atom. The Labute approximate surface area is 94.0 Å². The zero-order valence-corrected chi connectivity index (χ0v) is 10.0. The molecule has 1 nitrogen and oxygen atoms in total. The molecule has 3 aliphatic carbocycles. The van der Waals surface area contributed by atoms with Gasteiger partial charge >= 0.3 is 0 Å². The van der Waals surface area contributed by atoms with E-state index < -0.39 is 0 Å². The molecular weight excluding hydrogens is 182 g/mol. The Balaban J connectivity index is 1.47. The molecule has 0 aromatic rings. The van der Waals surface area contributed by atoms with Crippen LogP contribution in [0.15, 0.2) is 0 Å². The van der Waals surface area contributed by atoms with Crippen LogP contribution >= 0.6 is 0 Å². The van der Waals surface area contributed by atoms with E-state index in [0.717, 1.165) is 29.8 Å². The highest BCUT2D eigenvalue weighted by Crippen LogP contribution is 2.44. The van der Waals surface area contributed by atoms with Crippen LogP contribution in [0.1, 0.15) is 58.3 Å². The van der Waals surface area contributed by atoms with Gasteiger partial charge in [0.2, 0.25) is 0 Å². The quantitative estimate of drug-likeness (QED) is 0.745. The largest absolute Gasteiger partial charge is 0.311 e. The van der Waals surface area contributed by atoms with E-state index >= 15 is 0 Å². The smallest absolute Gasteiger partial charge is 0.00723 e. The Bertz CT molecular complexity index is 215. The molecule has 3 fully saturated rings. The monoisotopic (exact) mass is 207 g/mol. The highest BCUT2D eigenvalue weighted by molar-refractivity contribution is 4.91. The summed E-state index contributed by atoms with van der Waals surface area (Å²) in [5, 5.41) is 3.89. The van der Waals surface area contributed by atoms with Crippen molar-refractivity contribution in [2.75, 3.05) is 0 Å². The van der Waals surface area contributed by atoms with Crippen LogP contribution in [-0.4, -0.2) is 12.1 Å². The second-order valence-corrected chi connectivity index (χ2v) is 6.25. The van der Waals surface area contributed by atoms with Crippen molar-refractivity contribution < 1.29 is 0 Å². The number of nitrogens with one attached hydrogen (secondary N) is 1. The number of hydrogen-bond donors (Lipinski definition) is 1. The molecule has 0 saturated heterocycles. The summed E-state index contributed by atoms with van der Waals surface area (Å²) in [5.74, 6) is 3.24. The molecule has 0 amide bonds. The summed E-state index contributed by atoms with van der Waals surface area (Å²) >= 11 is 0. The molecule has 1 N–H and O–H groups in total. The zero-order chi connectivity index (χ0) is 10.3. The Hall–Kier alpha value is -0.0400. The maximum atomic E-state index is 3.89. The maximum absolute atomic E-state index is 3.89. The minimum absolute atomic E-state index is 0.799. The molecule has 0 spiro atoms. The molecule has 3 unspecified atom stereocenters. The SMILES string of the molecule is CC(NC1CCCC(C2CC2)C1)C1CC1. The van der Waals surface area contributed by atoms with Gasteiger partial charge in [0.05, 0.1) is 0 Å². The van der Waals surface area contributed by atoms with Gasteiger partial charge in [-0.05, 0) is 63.2 Å². The van der Waals surface area contributed by atoms with E-state index in [1.54, 1.807) is 0 Å². The predicted molar refractivity (Wildman–Crippen MR) is 63.8 cm³/mol. The van der Waals surface area contributed by atoms with Crippen molar-refractivity contribution in [2.24, 2.45) is 17.8 Å². The van der Waals surface area contributed by atoms with Crippen molar-refractivity contribution in [3.8, 4) is 0 Å². The van der Waals surface area contributed by atoms with Gasteiger partial charge in [0.1, 0.15) is 0 Å². The second-order valence-electron chi connectivity index (χ2n) is 6.25. The molecule has 0 aliphatic heterocycles. The van der Waals surface area contributed by atoms with E-state index in [-0.39, 0.29) is 0 Å². The lowest BCUT2D eigenvalue weighted by atomic mass is 9.82.